The Morgan fingerprint density at radius 2 is 0.825 bits per heavy atom. The molecule has 0 saturated carbocycles. The van der Waals surface area contributed by atoms with Gasteiger partial charge in [-0.05, 0) is 125 Å². The molecule has 2 aliphatic carbocycles. The van der Waals surface area contributed by atoms with Crippen molar-refractivity contribution in [2.24, 2.45) is 0 Å². The van der Waals surface area contributed by atoms with E-state index < -0.39 is 0 Å². The van der Waals surface area contributed by atoms with E-state index in [9.17, 15) is 0 Å². The minimum atomic E-state index is -0.100. The van der Waals surface area contributed by atoms with Crippen LogP contribution < -0.4 is 4.90 Å². The Balaban J connectivity index is 1.06. The highest BCUT2D eigenvalue weighted by atomic mass is 15.1. The number of hydrogen-bond donors (Lipinski definition) is 0. The van der Waals surface area contributed by atoms with Crippen LogP contribution in [0, 0.1) is 0 Å². The van der Waals surface area contributed by atoms with Gasteiger partial charge in [-0.1, -0.05) is 179 Å². The van der Waals surface area contributed by atoms with E-state index in [2.05, 4.69) is 221 Å². The van der Waals surface area contributed by atoms with Gasteiger partial charge in [-0.3, -0.25) is 0 Å². The molecule has 0 N–H and O–H groups in total. The first-order chi connectivity index (χ1) is 27.8. The fourth-order valence-electron chi connectivity index (χ4n) is 10.1. The normalized spacial score (nSPS) is 14.2. The van der Waals surface area contributed by atoms with Crippen LogP contribution >= 0.6 is 0 Å². The molecule has 9 aromatic rings. The van der Waals surface area contributed by atoms with Crippen LogP contribution in [0.25, 0.3) is 66.1 Å². The lowest BCUT2D eigenvalue weighted by molar-refractivity contribution is 0.645. The summed E-state index contributed by atoms with van der Waals surface area (Å²) in [4.78, 5) is 2.43. The van der Waals surface area contributed by atoms with Gasteiger partial charge < -0.3 is 4.90 Å². The van der Waals surface area contributed by atoms with Crippen molar-refractivity contribution < 1.29 is 0 Å². The maximum Gasteiger partial charge on any atom is 0.0465 e. The summed E-state index contributed by atoms with van der Waals surface area (Å²) < 4.78 is 0. The Bertz CT molecular complexity index is 3050. The van der Waals surface area contributed by atoms with Crippen molar-refractivity contribution in [2.75, 3.05) is 4.90 Å². The molecule has 272 valence electrons. The molecule has 11 rings (SSSR count). The third-order valence-corrected chi connectivity index (χ3v) is 13.1. The quantitative estimate of drug-likeness (QED) is 0.170. The Kier molecular flexibility index (Phi) is 7.32. The van der Waals surface area contributed by atoms with Gasteiger partial charge in [-0.15, -0.1) is 0 Å². The molecule has 0 aromatic heterocycles. The van der Waals surface area contributed by atoms with E-state index in [0.717, 1.165) is 17.1 Å². The number of fused-ring (bicyclic) bond motifs is 6. The van der Waals surface area contributed by atoms with Crippen LogP contribution in [0.2, 0.25) is 0 Å². The van der Waals surface area contributed by atoms with Crippen LogP contribution in [0.15, 0.2) is 188 Å². The minimum Gasteiger partial charge on any atom is -0.310 e. The Morgan fingerprint density at radius 3 is 1.58 bits per heavy atom. The van der Waals surface area contributed by atoms with Gasteiger partial charge in [-0.2, -0.15) is 0 Å². The minimum absolute atomic E-state index is 0.0823. The summed E-state index contributed by atoms with van der Waals surface area (Å²) in [5, 5.41) is 5.20. The zero-order valence-corrected chi connectivity index (χ0v) is 32.8. The summed E-state index contributed by atoms with van der Waals surface area (Å²) in [6, 6.07) is 70.0. The SMILES string of the molecule is CC1(C)c2ccccc2-c2ccc(N(c3ccc(-c4ccc5cccc6c5c4-c4ccccc4C6(C)C)cc3)c3ccc(-c4cccc5ccccc45)cc3)cc21. The summed E-state index contributed by atoms with van der Waals surface area (Å²) in [6.45, 7) is 9.46. The smallest absolute Gasteiger partial charge is 0.0465 e. The largest absolute Gasteiger partial charge is 0.310 e. The third-order valence-electron chi connectivity index (χ3n) is 13.1. The van der Waals surface area contributed by atoms with E-state index in [1.807, 2.05) is 0 Å². The summed E-state index contributed by atoms with van der Waals surface area (Å²) in [7, 11) is 0. The average molecular weight is 730 g/mol. The number of rotatable bonds is 5. The molecule has 0 saturated heterocycles. The highest BCUT2D eigenvalue weighted by molar-refractivity contribution is 6.09. The van der Waals surface area contributed by atoms with Crippen molar-refractivity contribution in [1.29, 1.82) is 0 Å². The van der Waals surface area contributed by atoms with Crippen LogP contribution in [-0.4, -0.2) is 0 Å². The summed E-state index contributed by atoms with van der Waals surface area (Å²) in [5.74, 6) is 0. The lowest BCUT2D eigenvalue weighted by atomic mass is 9.67. The van der Waals surface area contributed by atoms with E-state index in [0.29, 0.717) is 0 Å². The number of benzene rings is 9. The molecule has 0 heterocycles. The molecule has 57 heavy (non-hydrogen) atoms. The monoisotopic (exact) mass is 729 g/mol. The Morgan fingerprint density at radius 1 is 0.333 bits per heavy atom. The molecule has 1 nitrogen and oxygen atoms in total. The molecular weight excluding hydrogens is 687 g/mol. The lowest BCUT2D eigenvalue weighted by Crippen LogP contribution is -2.23. The zero-order chi connectivity index (χ0) is 38.5. The van der Waals surface area contributed by atoms with Crippen molar-refractivity contribution in [1.82, 2.24) is 0 Å². The summed E-state index contributed by atoms with van der Waals surface area (Å²) >= 11 is 0. The molecule has 0 spiro atoms. The van der Waals surface area contributed by atoms with Crippen LogP contribution in [0.1, 0.15) is 49.9 Å². The molecule has 0 radical (unpaired) electrons. The van der Waals surface area contributed by atoms with Crippen molar-refractivity contribution in [2.45, 2.75) is 38.5 Å². The zero-order valence-electron chi connectivity index (χ0n) is 32.8. The molecule has 2 aliphatic rings. The van der Waals surface area contributed by atoms with E-state index in [1.54, 1.807) is 0 Å². The molecular formula is C56H43N. The van der Waals surface area contributed by atoms with Crippen molar-refractivity contribution in [3.05, 3.63) is 210 Å². The van der Waals surface area contributed by atoms with Gasteiger partial charge >= 0.3 is 0 Å². The Hall–Kier alpha value is -6.70. The second kappa shape index (κ2) is 12.4. The topological polar surface area (TPSA) is 3.24 Å². The molecule has 0 amide bonds. The fraction of sp³-hybridized carbons (Fsp3) is 0.107. The first-order valence-corrected chi connectivity index (χ1v) is 20.2. The van der Waals surface area contributed by atoms with Gasteiger partial charge in [0.15, 0.2) is 0 Å². The van der Waals surface area contributed by atoms with Crippen molar-refractivity contribution >= 4 is 38.6 Å². The average Bonchev–Trinajstić information content (AvgIpc) is 3.48. The van der Waals surface area contributed by atoms with Crippen molar-refractivity contribution in [3.63, 3.8) is 0 Å². The Labute approximate surface area is 335 Å². The van der Waals surface area contributed by atoms with Crippen LogP contribution in [0.3, 0.4) is 0 Å². The van der Waals surface area contributed by atoms with E-state index in [4.69, 9.17) is 0 Å². The van der Waals surface area contributed by atoms with Gasteiger partial charge in [0, 0.05) is 27.9 Å². The number of hydrogen-bond acceptors (Lipinski definition) is 1. The molecule has 0 bridgehead atoms. The predicted molar refractivity (Wildman–Crippen MR) is 242 cm³/mol. The second-order valence-electron chi connectivity index (χ2n) is 16.9. The van der Waals surface area contributed by atoms with Crippen LogP contribution in [0.4, 0.5) is 17.1 Å². The highest BCUT2D eigenvalue weighted by Crippen LogP contribution is 2.53. The molecule has 1 heteroatoms. The fourth-order valence-corrected chi connectivity index (χ4v) is 10.1. The van der Waals surface area contributed by atoms with E-state index in [-0.39, 0.29) is 10.8 Å². The highest BCUT2D eigenvalue weighted by Gasteiger charge is 2.36. The van der Waals surface area contributed by atoms with Gasteiger partial charge in [0.1, 0.15) is 0 Å². The van der Waals surface area contributed by atoms with Gasteiger partial charge in [0.05, 0.1) is 0 Å². The maximum atomic E-state index is 2.43. The van der Waals surface area contributed by atoms with E-state index in [1.165, 1.54) is 88.3 Å². The standard InChI is InChI=1S/C56H43N/c1-55(2)50-21-10-8-18-48(50)54-45(33-27-39-15-12-22-51(55)53(39)54)38-25-30-41(31-26-38)57(42-32-34-47-46-17-7-9-20-49(46)56(3,4)52(47)35-42)40-28-23-37(24-29-40)44-19-11-14-36-13-5-6-16-43(36)44/h5-35H,1-4H3. The number of anilines is 3. The van der Waals surface area contributed by atoms with Crippen LogP contribution in [0.5, 0.6) is 0 Å². The lowest BCUT2D eigenvalue weighted by Gasteiger charge is -2.36. The second-order valence-corrected chi connectivity index (χ2v) is 16.9. The first-order valence-electron chi connectivity index (χ1n) is 20.2. The van der Waals surface area contributed by atoms with Gasteiger partial charge in [0.25, 0.3) is 0 Å². The third kappa shape index (κ3) is 5.02. The summed E-state index contributed by atoms with van der Waals surface area (Å²) in [5.41, 5.74) is 19.0. The van der Waals surface area contributed by atoms with Gasteiger partial charge in [-0.25, -0.2) is 0 Å². The molecule has 0 fully saturated rings. The maximum absolute atomic E-state index is 2.43. The molecule has 0 unspecified atom stereocenters. The van der Waals surface area contributed by atoms with Crippen LogP contribution in [-0.2, 0) is 10.8 Å². The van der Waals surface area contributed by atoms with Gasteiger partial charge in [0.2, 0.25) is 0 Å². The molecule has 9 aromatic carbocycles. The first kappa shape index (κ1) is 33.6. The molecule has 0 aliphatic heterocycles. The summed E-state index contributed by atoms with van der Waals surface area (Å²) in [6.07, 6.45) is 0. The van der Waals surface area contributed by atoms with Crippen molar-refractivity contribution in [3.8, 4) is 44.5 Å². The number of nitrogens with zero attached hydrogens (tertiary/aromatic N) is 1. The molecule has 0 atom stereocenters. The van der Waals surface area contributed by atoms with E-state index >= 15 is 0 Å². The predicted octanol–water partition coefficient (Wildman–Crippen LogP) is 15.4.